The van der Waals surface area contributed by atoms with Crippen LogP contribution in [0.4, 0.5) is 0 Å². The SMILES string of the molecule is CCCC(=N)N(C)CCC. The van der Waals surface area contributed by atoms with Gasteiger partial charge in [0.15, 0.2) is 0 Å². The lowest BCUT2D eigenvalue weighted by atomic mass is 10.3. The molecule has 0 unspecified atom stereocenters. The molecular formula is C8H18N2. The van der Waals surface area contributed by atoms with Crippen LogP contribution in [0.3, 0.4) is 0 Å². The first-order valence-electron chi connectivity index (χ1n) is 4.00. The van der Waals surface area contributed by atoms with Crippen molar-refractivity contribution in [2.45, 2.75) is 33.1 Å². The Balaban J connectivity index is 3.49. The molecule has 1 N–H and O–H groups in total. The van der Waals surface area contributed by atoms with Gasteiger partial charge >= 0.3 is 0 Å². The minimum atomic E-state index is 0.768. The zero-order chi connectivity index (χ0) is 7.98. The predicted octanol–water partition coefficient (Wildman–Crippen LogP) is 2.11. The van der Waals surface area contributed by atoms with Gasteiger partial charge in [0, 0.05) is 20.0 Å². The number of amidine groups is 1. The molecular weight excluding hydrogens is 124 g/mol. The van der Waals surface area contributed by atoms with Crippen LogP contribution in [0.25, 0.3) is 0 Å². The fraction of sp³-hybridized carbons (Fsp3) is 0.875. The highest BCUT2D eigenvalue weighted by Crippen LogP contribution is 1.95. The Morgan fingerprint density at radius 1 is 1.30 bits per heavy atom. The van der Waals surface area contributed by atoms with Gasteiger partial charge in [0.25, 0.3) is 0 Å². The van der Waals surface area contributed by atoms with Gasteiger partial charge < -0.3 is 4.90 Å². The second-order valence-electron chi connectivity index (χ2n) is 2.62. The van der Waals surface area contributed by atoms with Crippen molar-refractivity contribution in [2.24, 2.45) is 0 Å². The normalized spacial score (nSPS) is 9.50. The van der Waals surface area contributed by atoms with Crippen LogP contribution in [0.2, 0.25) is 0 Å². The standard InChI is InChI=1S/C8H18N2/c1-4-6-8(9)10(3)7-5-2/h9H,4-7H2,1-3H3. The molecule has 0 amide bonds. The van der Waals surface area contributed by atoms with Gasteiger partial charge in [0.05, 0.1) is 5.84 Å². The Morgan fingerprint density at radius 3 is 2.30 bits per heavy atom. The van der Waals surface area contributed by atoms with E-state index >= 15 is 0 Å². The molecule has 0 radical (unpaired) electrons. The summed E-state index contributed by atoms with van der Waals surface area (Å²) in [5, 5.41) is 7.52. The Bertz CT molecular complexity index is 99.4. The zero-order valence-corrected chi connectivity index (χ0v) is 7.28. The Morgan fingerprint density at radius 2 is 1.90 bits per heavy atom. The van der Waals surface area contributed by atoms with Crippen molar-refractivity contribution >= 4 is 5.84 Å². The van der Waals surface area contributed by atoms with Gasteiger partial charge in [0.2, 0.25) is 0 Å². The van der Waals surface area contributed by atoms with E-state index in [4.69, 9.17) is 5.41 Å². The average molecular weight is 142 g/mol. The van der Waals surface area contributed by atoms with Crippen molar-refractivity contribution in [1.82, 2.24) is 4.90 Å². The summed E-state index contributed by atoms with van der Waals surface area (Å²) in [4.78, 5) is 2.02. The van der Waals surface area contributed by atoms with E-state index in [9.17, 15) is 0 Å². The molecule has 0 aromatic rings. The largest absolute Gasteiger partial charge is 0.364 e. The number of rotatable bonds is 4. The van der Waals surface area contributed by atoms with Crippen molar-refractivity contribution in [3.05, 3.63) is 0 Å². The van der Waals surface area contributed by atoms with Crippen LogP contribution in [0.1, 0.15) is 33.1 Å². The van der Waals surface area contributed by atoms with E-state index in [-0.39, 0.29) is 0 Å². The summed E-state index contributed by atoms with van der Waals surface area (Å²) in [6.45, 7) is 5.25. The number of hydrogen-bond acceptors (Lipinski definition) is 1. The van der Waals surface area contributed by atoms with Crippen LogP contribution in [-0.4, -0.2) is 24.3 Å². The molecule has 0 saturated heterocycles. The predicted molar refractivity (Wildman–Crippen MR) is 45.6 cm³/mol. The Kier molecular flexibility index (Phi) is 4.99. The average Bonchev–Trinajstić information content (AvgIpc) is 1.89. The van der Waals surface area contributed by atoms with Crippen LogP contribution < -0.4 is 0 Å². The first kappa shape index (κ1) is 9.47. The van der Waals surface area contributed by atoms with E-state index in [0.717, 1.165) is 31.6 Å². The number of nitrogens with zero attached hydrogens (tertiary/aromatic N) is 1. The van der Waals surface area contributed by atoms with E-state index in [1.807, 2.05) is 11.9 Å². The molecule has 0 heterocycles. The highest BCUT2D eigenvalue weighted by molar-refractivity contribution is 5.78. The quantitative estimate of drug-likeness (QED) is 0.472. The molecule has 0 rings (SSSR count). The molecule has 0 saturated carbocycles. The van der Waals surface area contributed by atoms with Crippen molar-refractivity contribution in [1.29, 1.82) is 5.41 Å². The van der Waals surface area contributed by atoms with E-state index in [0.29, 0.717) is 0 Å². The molecule has 2 heteroatoms. The maximum atomic E-state index is 7.52. The highest BCUT2D eigenvalue weighted by Gasteiger charge is 1.99. The van der Waals surface area contributed by atoms with Crippen LogP contribution in [0, 0.1) is 5.41 Å². The van der Waals surface area contributed by atoms with Crippen LogP contribution in [-0.2, 0) is 0 Å². The van der Waals surface area contributed by atoms with Crippen molar-refractivity contribution in [2.75, 3.05) is 13.6 Å². The maximum Gasteiger partial charge on any atom is 0.0954 e. The summed E-state index contributed by atoms with van der Waals surface area (Å²) in [6, 6.07) is 0. The molecule has 2 nitrogen and oxygen atoms in total. The highest BCUT2D eigenvalue weighted by atomic mass is 15.1. The molecule has 0 spiro atoms. The summed E-state index contributed by atoms with van der Waals surface area (Å²) < 4.78 is 0. The Hall–Kier alpha value is -0.530. The minimum absolute atomic E-state index is 0.768. The smallest absolute Gasteiger partial charge is 0.0954 e. The third-order valence-corrected chi connectivity index (χ3v) is 1.51. The summed E-state index contributed by atoms with van der Waals surface area (Å²) in [6.07, 6.45) is 3.12. The number of nitrogens with one attached hydrogen (secondary N) is 1. The molecule has 0 aliphatic carbocycles. The molecule has 0 aliphatic heterocycles. The van der Waals surface area contributed by atoms with Gasteiger partial charge in [-0.1, -0.05) is 13.8 Å². The van der Waals surface area contributed by atoms with Crippen molar-refractivity contribution in [3.8, 4) is 0 Å². The Labute approximate surface area is 63.7 Å². The van der Waals surface area contributed by atoms with Gasteiger partial charge in [0.1, 0.15) is 0 Å². The van der Waals surface area contributed by atoms with Crippen LogP contribution >= 0.6 is 0 Å². The second kappa shape index (κ2) is 5.27. The fourth-order valence-corrected chi connectivity index (χ4v) is 0.898. The summed E-state index contributed by atoms with van der Waals surface area (Å²) >= 11 is 0. The minimum Gasteiger partial charge on any atom is -0.364 e. The topological polar surface area (TPSA) is 27.1 Å². The third-order valence-electron chi connectivity index (χ3n) is 1.51. The van der Waals surface area contributed by atoms with Gasteiger partial charge in [-0.3, -0.25) is 5.41 Å². The zero-order valence-electron chi connectivity index (χ0n) is 7.28. The first-order chi connectivity index (χ1) is 4.72. The van der Waals surface area contributed by atoms with Crippen molar-refractivity contribution < 1.29 is 0 Å². The molecule has 10 heavy (non-hydrogen) atoms. The van der Waals surface area contributed by atoms with Crippen LogP contribution in [0.15, 0.2) is 0 Å². The lowest BCUT2D eigenvalue weighted by molar-refractivity contribution is 0.485. The molecule has 0 aromatic heterocycles. The van der Waals surface area contributed by atoms with E-state index in [2.05, 4.69) is 13.8 Å². The third kappa shape index (κ3) is 3.49. The van der Waals surface area contributed by atoms with E-state index < -0.39 is 0 Å². The number of hydrogen-bond donors (Lipinski definition) is 1. The molecule has 0 atom stereocenters. The van der Waals surface area contributed by atoms with Gasteiger partial charge in [-0.05, 0) is 12.8 Å². The van der Waals surface area contributed by atoms with Gasteiger partial charge in [-0.15, -0.1) is 0 Å². The molecule has 0 fully saturated rings. The van der Waals surface area contributed by atoms with E-state index in [1.54, 1.807) is 0 Å². The van der Waals surface area contributed by atoms with Gasteiger partial charge in [-0.25, -0.2) is 0 Å². The monoisotopic (exact) mass is 142 g/mol. The van der Waals surface area contributed by atoms with E-state index in [1.165, 1.54) is 0 Å². The van der Waals surface area contributed by atoms with Gasteiger partial charge in [-0.2, -0.15) is 0 Å². The molecule has 0 bridgehead atoms. The molecule has 0 aliphatic rings. The van der Waals surface area contributed by atoms with Crippen LogP contribution in [0.5, 0.6) is 0 Å². The maximum absolute atomic E-state index is 7.52. The summed E-state index contributed by atoms with van der Waals surface area (Å²) in [5.41, 5.74) is 0. The lowest BCUT2D eigenvalue weighted by Gasteiger charge is -2.18. The summed E-state index contributed by atoms with van der Waals surface area (Å²) in [7, 11) is 1.99. The lowest BCUT2D eigenvalue weighted by Crippen LogP contribution is -2.26. The second-order valence-corrected chi connectivity index (χ2v) is 2.62. The van der Waals surface area contributed by atoms with Crippen molar-refractivity contribution in [3.63, 3.8) is 0 Å². The fourth-order valence-electron chi connectivity index (χ4n) is 0.898. The first-order valence-corrected chi connectivity index (χ1v) is 4.00. The summed E-state index contributed by atoms with van der Waals surface area (Å²) in [5.74, 6) is 0.768. The molecule has 0 aromatic carbocycles. The molecule has 60 valence electrons.